The van der Waals surface area contributed by atoms with Crippen LogP contribution >= 0.6 is 0 Å². The van der Waals surface area contributed by atoms with Crippen LogP contribution in [0.25, 0.3) is 0 Å². The van der Waals surface area contributed by atoms with Crippen molar-refractivity contribution in [1.82, 2.24) is 10.2 Å². The Morgan fingerprint density at radius 3 is 2.65 bits per heavy atom. The summed E-state index contributed by atoms with van der Waals surface area (Å²) in [6.07, 6.45) is 6.00. The highest BCUT2D eigenvalue weighted by atomic mass is 32.2. The van der Waals surface area contributed by atoms with Gasteiger partial charge in [-0.2, -0.15) is 0 Å². The summed E-state index contributed by atoms with van der Waals surface area (Å²) in [5.41, 5.74) is 1.17. The zero-order chi connectivity index (χ0) is 19.2. The predicted octanol–water partition coefficient (Wildman–Crippen LogP) is 1.33. The molecular weight excluding hydrogens is 350 g/mol. The van der Waals surface area contributed by atoms with Crippen molar-refractivity contribution in [3.05, 3.63) is 29.8 Å². The minimum absolute atomic E-state index is 0.153. The Balaban J connectivity index is 1.87. The van der Waals surface area contributed by atoms with Crippen LogP contribution in [0.2, 0.25) is 0 Å². The maximum absolute atomic E-state index is 12.1. The third-order valence-electron chi connectivity index (χ3n) is 4.50. The van der Waals surface area contributed by atoms with E-state index in [1.807, 2.05) is 29.2 Å². The minimum Gasteiger partial charge on any atom is -0.481 e. The lowest BCUT2D eigenvalue weighted by Crippen LogP contribution is -2.57. The Bertz CT molecular complexity index is 777. The second-order valence-corrected chi connectivity index (χ2v) is 9.60. The van der Waals surface area contributed by atoms with E-state index < -0.39 is 14.6 Å². The summed E-state index contributed by atoms with van der Waals surface area (Å²) in [4.78, 5) is 6.31. The fraction of sp³-hybridized carbons (Fsp3) is 0.526. The zero-order valence-corrected chi connectivity index (χ0v) is 16.5. The molecule has 1 aromatic carbocycles. The number of hydrogen-bond acceptors (Lipinski definition) is 4. The molecule has 1 N–H and O–H groups in total. The lowest BCUT2D eigenvalue weighted by Gasteiger charge is -2.39. The van der Waals surface area contributed by atoms with Crippen molar-refractivity contribution in [2.24, 2.45) is 4.99 Å². The third kappa shape index (κ3) is 4.92. The molecule has 0 aromatic heterocycles. The first-order valence-corrected chi connectivity index (χ1v) is 10.3. The van der Waals surface area contributed by atoms with Gasteiger partial charge in [0.2, 0.25) is 0 Å². The molecule has 1 aromatic rings. The molecule has 0 radical (unpaired) electrons. The number of nitrogens with zero attached hydrogens (tertiary/aromatic N) is 2. The molecule has 0 amide bonds. The summed E-state index contributed by atoms with van der Waals surface area (Å²) < 4.78 is 28.9. The maximum Gasteiger partial charge on any atom is 0.193 e. The van der Waals surface area contributed by atoms with E-state index in [9.17, 15) is 8.42 Å². The van der Waals surface area contributed by atoms with Gasteiger partial charge in [0, 0.05) is 26.7 Å². The number of ether oxygens (including phenoxy) is 1. The molecule has 26 heavy (non-hydrogen) atoms. The van der Waals surface area contributed by atoms with E-state index >= 15 is 0 Å². The SMILES string of the molecule is C#CCOc1ccc(CCNC(=NC)N2CCS(=O)(=O)C(C)(C)C2)cc1. The van der Waals surface area contributed by atoms with Crippen molar-refractivity contribution >= 4 is 15.8 Å². The van der Waals surface area contributed by atoms with Crippen molar-refractivity contribution in [1.29, 1.82) is 0 Å². The van der Waals surface area contributed by atoms with Gasteiger partial charge in [-0.05, 0) is 38.0 Å². The van der Waals surface area contributed by atoms with Crippen molar-refractivity contribution in [3.63, 3.8) is 0 Å². The molecular formula is C19H27N3O3S. The first-order chi connectivity index (χ1) is 12.3. The van der Waals surface area contributed by atoms with Crippen LogP contribution in [-0.4, -0.2) is 63.1 Å². The number of aliphatic imine (C=N–C) groups is 1. The molecule has 7 heteroatoms. The summed E-state index contributed by atoms with van der Waals surface area (Å²) in [6.45, 7) is 5.42. The average Bonchev–Trinajstić information content (AvgIpc) is 2.60. The number of nitrogens with one attached hydrogen (secondary N) is 1. The molecule has 0 saturated carbocycles. The van der Waals surface area contributed by atoms with Crippen LogP contribution in [0.5, 0.6) is 5.75 Å². The lowest BCUT2D eigenvalue weighted by molar-refractivity contribution is 0.353. The summed E-state index contributed by atoms with van der Waals surface area (Å²) in [6, 6.07) is 7.82. The van der Waals surface area contributed by atoms with Crippen LogP contribution in [0.4, 0.5) is 0 Å². The largest absolute Gasteiger partial charge is 0.481 e. The first kappa shape index (κ1) is 20.1. The lowest BCUT2D eigenvalue weighted by atomic mass is 10.1. The highest BCUT2D eigenvalue weighted by molar-refractivity contribution is 7.92. The van der Waals surface area contributed by atoms with Crippen LogP contribution in [-0.2, 0) is 16.3 Å². The monoisotopic (exact) mass is 377 g/mol. The van der Waals surface area contributed by atoms with Gasteiger partial charge in [0.15, 0.2) is 15.8 Å². The smallest absolute Gasteiger partial charge is 0.193 e. The Kier molecular flexibility index (Phi) is 6.54. The molecule has 6 nitrogen and oxygen atoms in total. The Labute approximate surface area is 156 Å². The van der Waals surface area contributed by atoms with Crippen LogP contribution in [0.3, 0.4) is 0 Å². The minimum atomic E-state index is -3.06. The summed E-state index contributed by atoms with van der Waals surface area (Å²) in [7, 11) is -1.34. The van der Waals surface area contributed by atoms with Crippen LogP contribution < -0.4 is 10.1 Å². The highest BCUT2D eigenvalue weighted by Crippen LogP contribution is 2.23. The zero-order valence-electron chi connectivity index (χ0n) is 15.7. The second-order valence-electron chi connectivity index (χ2n) is 6.86. The number of benzene rings is 1. The van der Waals surface area contributed by atoms with Gasteiger partial charge in [-0.1, -0.05) is 18.1 Å². The molecule has 1 heterocycles. The summed E-state index contributed by atoms with van der Waals surface area (Å²) in [5.74, 6) is 4.09. The van der Waals surface area contributed by atoms with Gasteiger partial charge in [0.1, 0.15) is 12.4 Å². The first-order valence-electron chi connectivity index (χ1n) is 8.62. The normalized spacial score (nSPS) is 18.8. The molecule has 142 valence electrons. The number of guanidine groups is 1. The molecule has 0 unspecified atom stereocenters. The second kappa shape index (κ2) is 8.45. The quantitative estimate of drug-likeness (QED) is 0.476. The number of sulfone groups is 1. The van der Waals surface area contributed by atoms with E-state index in [0.29, 0.717) is 19.6 Å². The van der Waals surface area contributed by atoms with Gasteiger partial charge < -0.3 is 15.0 Å². The molecule has 0 atom stereocenters. The van der Waals surface area contributed by atoms with Crippen molar-refractivity contribution in [3.8, 4) is 18.1 Å². The summed E-state index contributed by atoms with van der Waals surface area (Å²) >= 11 is 0. The van der Waals surface area contributed by atoms with Gasteiger partial charge in [0.25, 0.3) is 0 Å². The van der Waals surface area contributed by atoms with E-state index in [0.717, 1.165) is 18.1 Å². The molecule has 1 aliphatic rings. The Morgan fingerprint density at radius 1 is 1.38 bits per heavy atom. The van der Waals surface area contributed by atoms with E-state index in [-0.39, 0.29) is 12.4 Å². The molecule has 0 spiro atoms. The molecule has 2 rings (SSSR count). The molecule has 0 bridgehead atoms. The predicted molar refractivity (Wildman–Crippen MR) is 105 cm³/mol. The Hall–Kier alpha value is -2.20. The van der Waals surface area contributed by atoms with Crippen LogP contribution in [0, 0.1) is 12.3 Å². The van der Waals surface area contributed by atoms with E-state index in [4.69, 9.17) is 11.2 Å². The number of rotatable bonds is 5. The number of hydrogen-bond donors (Lipinski definition) is 1. The van der Waals surface area contributed by atoms with Gasteiger partial charge in [-0.15, -0.1) is 6.42 Å². The maximum atomic E-state index is 12.1. The Morgan fingerprint density at radius 2 is 2.08 bits per heavy atom. The third-order valence-corrected chi connectivity index (χ3v) is 7.03. The standard InChI is InChI=1S/C19H27N3O3S/c1-5-13-25-17-8-6-16(7-9-17)10-11-21-18(20-4)22-12-14-26(23,24)19(2,3)15-22/h1,6-9H,10-15H2,2-4H3,(H,20,21). The summed E-state index contributed by atoms with van der Waals surface area (Å²) in [5, 5.41) is 3.32. The van der Waals surface area contributed by atoms with E-state index in [2.05, 4.69) is 16.2 Å². The van der Waals surface area contributed by atoms with Gasteiger partial charge in [-0.3, -0.25) is 4.99 Å². The van der Waals surface area contributed by atoms with Gasteiger partial charge >= 0.3 is 0 Å². The van der Waals surface area contributed by atoms with Crippen LogP contribution in [0.1, 0.15) is 19.4 Å². The van der Waals surface area contributed by atoms with Crippen molar-refractivity contribution in [2.75, 3.05) is 39.0 Å². The molecule has 1 fully saturated rings. The van der Waals surface area contributed by atoms with Crippen molar-refractivity contribution in [2.45, 2.75) is 25.0 Å². The van der Waals surface area contributed by atoms with Gasteiger partial charge in [0.05, 0.1) is 10.5 Å². The van der Waals surface area contributed by atoms with Crippen molar-refractivity contribution < 1.29 is 13.2 Å². The highest BCUT2D eigenvalue weighted by Gasteiger charge is 2.40. The number of terminal acetylenes is 1. The molecule has 1 saturated heterocycles. The fourth-order valence-electron chi connectivity index (χ4n) is 2.85. The fourth-order valence-corrected chi connectivity index (χ4v) is 4.22. The average molecular weight is 378 g/mol. The van der Waals surface area contributed by atoms with Crippen LogP contribution in [0.15, 0.2) is 29.3 Å². The molecule has 1 aliphatic heterocycles. The topological polar surface area (TPSA) is 71.0 Å². The molecule has 0 aliphatic carbocycles. The van der Waals surface area contributed by atoms with E-state index in [1.165, 1.54) is 5.56 Å². The van der Waals surface area contributed by atoms with Gasteiger partial charge in [-0.25, -0.2) is 8.42 Å². The van der Waals surface area contributed by atoms with E-state index in [1.54, 1.807) is 20.9 Å².